The maximum atomic E-state index is 7.12. The Morgan fingerprint density at radius 2 is 0.521 bits per heavy atom. The fourth-order valence-corrected chi connectivity index (χ4v) is 23.2. The predicted molar refractivity (Wildman–Crippen MR) is 614 cm³/mol. The third kappa shape index (κ3) is 17.5. The van der Waals surface area contributed by atoms with E-state index in [-0.39, 0.29) is 15.8 Å². The summed E-state index contributed by atoms with van der Waals surface area (Å²) in [5.41, 5.74) is 33.8. The van der Waals surface area contributed by atoms with Crippen molar-refractivity contribution in [2.75, 3.05) is 15.1 Å². The van der Waals surface area contributed by atoms with E-state index in [4.69, 9.17) is 11.6 Å². The normalized spacial score (nSPS) is 11.5. The van der Waals surface area contributed by atoms with Crippen LogP contribution in [-0.4, -0.2) is 9.13 Å². The molecule has 142 heavy (non-hydrogen) atoms. The minimum atomic E-state index is -0.0653. The Balaban J connectivity index is 0.000000136. The lowest BCUT2D eigenvalue weighted by Crippen LogP contribution is -2.12. The number of nitrogens with zero attached hydrogens (tertiary/aromatic N) is 4. The lowest BCUT2D eigenvalue weighted by molar-refractivity contribution is 0.977. The van der Waals surface area contributed by atoms with Crippen LogP contribution in [0.5, 0.6) is 0 Å². The number of anilines is 8. The van der Waals surface area contributed by atoms with Crippen molar-refractivity contribution in [2.45, 2.75) is 5.92 Å². The first-order chi connectivity index (χ1) is 69.9. The number of thiophene rings is 2. The molecule has 0 saturated carbocycles. The van der Waals surface area contributed by atoms with E-state index < -0.39 is 0 Å². The van der Waals surface area contributed by atoms with Crippen LogP contribution < -0.4 is 15.1 Å². The summed E-state index contributed by atoms with van der Waals surface area (Å²) in [4.78, 5) is 4.73. The Labute approximate surface area is 842 Å². The molecule has 26 aromatic rings. The van der Waals surface area contributed by atoms with E-state index in [1.807, 2.05) is 46.9 Å². The summed E-state index contributed by atoms with van der Waals surface area (Å²) in [6.45, 7) is 0. The van der Waals surface area contributed by atoms with Crippen molar-refractivity contribution in [3.63, 3.8) is 0 Å². The van der Waals surface area contributed by atoms with Gasteiger partial charge in [-0.3, -0.25) is 0 Å². The lowest BCUT2D eigenvalue weighted by Gasteiger charge is -2.28. The van der Waals surface area contributed by atoms with Crippen LogP contribution in [0.2, 0.25) is 5.02 Å². The average molecular weight is 1890 g/mol. The second kappa shape index (κ2) is 39.8. The van der Waals surface area contributed by atoms with Crippen LogP contribution in [0.4, 0.5) is 45.5 Å². The summed E-state index contributed by atoms with van der Waals surface area (Å²) >= 11 is 10.9. The number of para-hydroxylation sites is 7. The SMILES string of the molecule is Clc1cc(-c2cc3c4ccccc4n(-c4ccccc4)c3c3c2sc2ccccc23)cc(N(c2ccccc2)c2ccc(-c3ccccc3)cc2)c1.[PH2-].c1ccc(-c2ccc(C(c3ccccc3)c3cc(-c4cc5c6ccccc6n(-c6ccccc6)c5c5c4sc4ccccc45)cc(N(c4ccccc4)c4ccc(-c5ccccc5)cc4)c3)cc2)cc1.c1ccc(Nc2ccc(-c3ccccc3)cc2)cc1. The molecule has 1 unspecified atom stereocenters. The highest BCUT2D eigenvalue weighted by atomic mass is 35.5. The van der Waals surface area contributed by atoms with Crippen LogP contribution in [0, 0.1) is 0 Å². The van der Waals surface area contributed by atoms with Crippen molar-refractivity contribution >= 4 is 174 Å². The summed E-state index contributed by atoms with van der Waals surface area (Å²) in [7, 11) is 0. The van der Waals surface area contributed by atoms with Crippen LogP contribution in [0.3, 0.4) is 0 Å². The van der Waals surface area contributed by atoms with Gasteiger partial charge in [0.25, 0.3) is 0 Å². The van der Waals surface area contributed by atoms with Gasteiger partial charge in [0.1, 0.15) is 0 Å². The summed E-state index contributed by atoms with van der Waals surface area (Å²) in [5, 5.41) is 14.1. The van der Waals surface area contributed by atoms with Crippen LogP contribution >= 0.6 is 44.2 Å². The minimum absolute atomic E-state index is 0. The number of rotatable bonds is 19. The van der Waals surface area contributed by atoms with Crippen LogP contribution in [0.15, 0.2) is 546 Å². The molecular weight excluding hydrogens is 1800 g/mol. The number of halogens is 1. The second-order valence-electron chi connectivity index (χ2n) is 35.6. The fourth-order valence-electron chi connectivity index (χ4n) is 20.4. The number of fused-ring (bicyclic) bond motifs is 14. The Hall–Kier alpha value is -17.0. The molecular formula is C133H94ClN5PS2-. The molecule has 0 aliphatic carbocycles. The van der Waals surface area contributed by atoms with Crippen molar-refractivity contribution in [3.05, 3.63) is 568 Å². The zero-order chi connectivity index (χ0) is 93.9. The zero-order valence-electron chi connectivity index (χ0n) is 77.6. The van der Waals surface area contributed by atoms with Gasteiger partial charge in [-0.25, -0.2) is 0 Å². The van der Waals surface area contributed by atoms with Crippen molar-refractivity contribution in [1.29, 1.82) is 0 Å². The molecule has 0 bridgehead atoms. The van der Waals surface area contributed by atoms with Crippen molar-refractivity contribution in [2.24, 2.45) is 0 Å². The maximum Gasteiger partial charge on any atom is 0.0634 e. The third-order valence-electron chi connectivity index (χ3n) is 26.9. The first-order valence-corrected chi connectivity index (χ1v) is 49.9. The van der Waals surface area contributed by atoms with E-state index in [0.29, 0.717) is 5.02 Å². The van der Waals surface area contributed by atoms with Crippen molar-refractivity contribution in [1.82, 2.24) is 9.13 Å². The number of benzene rings is 22. The molecule has 0 spiro atoms. The number of hydrogen-bond acceptors (Lipinski definition) is 5. The van der Waals surface area contributed by atoms with E-state index >= 15 is 0 Å². The largest absolute Gasteiger partial charge is 0.577 e. The van der Waals surface area contributed by atoms with Gasteiger partial charge in [-0.2, -0.15) is 0 Å². The van der Waals surface area contributed by atoms with Gasteiger partial charge < -0.3 is 34.1 Å². The minimum Gasteiger partial charge on any atom is -0.577 e. The Morgan fingerprint density at radius 1 is 0.218 bits per heavy atom. The first-order valence-electron chi connectivity index (χ1n) is 47.9. The Kier molecular flexibility index (Phi) is 25.0. The van der Waals surface area contributed by atoms with E-state index in [2.05, 4.69) is 546 Å². The molecule has 0 aliphatic rings. The van der Waals surface area contributed by atoms with Gasteiger partial charge in [-0.1, -0.05) is 388 Å². The molecule has 0 saturated heterocycles. The molecule has 0 fully saturated rings. The maximum absolute atomic E-state index is 7.12. The third-order valence-corrected chi connectivity index (χ3v) is 29.5. The average Bonchev–Trinajstić information content (AvgIpc) is 1.55. The highest BCUT2D eigenvalue weighted by molar-refractivity contribution is 7.27. The molecule has 22 aromatic carbocycles. The molecule has 4 aromatic heterocycles. The van der Waals surface area contributed by atoms with E-state index in [1.165, 1.54) is 162 Å². The van der Waals surface area contributed by atoms with Gasteiger partial charge in [0.05, 0.1) is 22.1 Å². The predicted octanol–water partition coefficient (Wildman–Crippen LogP) is 38.8. The van der Waals surface area contributed by atoms with Gasteiger partial charge in [0.15, 0.2) is 0 Å². The highest BCUT2D eigenvalue weighted by Gasteiger charge is 2.29. The molecule has 5 nitrogen and oxygen atoms in total. The molecule has 676 valence electrons. The molecule has 0 radical (unpaired) electrons. The molecule has 9 heteroatoms. The standard InChI is InChI=1S/C67H46N2S.C48H31ClN2S.C18H15N.H2P/c1-6-20-46(21-7-1)48-34-36-51(37-35-48)64(50-24-10-3-11-25-50)53-42-52(43-57(44-53)68(54-26-12-4-13-27-54)56-40-38-49(39-41-56)47-22-8-2-9-23-47)60-45-61-58-30-16-18-32-62(58)69(55-28-14-5-15-29-55)66(61)65-59-31-17-19-33-63(59)70-67(60)65;49-35-28-34(29-39(30-35)50(36-16-6-2-7-17-36)38-26-24-33(25-27-38)32-14-4-1-5-15-32)42-31-43-40-20-10-12-22-44(40)51(37-18-8-3-9-19-37)47(43)46-41-21-11-13-23-45(41)52-48(42)46;1-3-7-15(8-4-1)16-11-13-18(14-12-16)19-17-9-5-2-6-10-17;/h1-45,64H;1-31H;1-14,19H;1H2/q;;;-1. The molecule has 26 rings (SSSR count). The number of aromatic nitrogens is 2. The molecule has 0 amide bonds. The van der Waals surface area contributed by atoms with Crippen molar-refractivity contribution in [3.8, 4) is 78.1 Å². The van der Waals surface area contributed by atoms with E-state index in [0.717, 1.165) is 62.4 Å². The molecule has 1 N–H and O–H groups in total. The van der Waals surface area contributed by atoms with Gasteiger partial charge >= 0.3 is 0 Å². The Morgan fingerprint density at radius 3 is 0.937 bits per heavy atom. The second-order valence-corrected chi connectivity index (χ2v) is 38.1. The zero-order valence-corrected chi connectivity index (χ0v) is 81.1. The van der Waals surface area contributed by atoms with Crippen LogP contribution in [-0.2, 0) is 0 Å². The summed E-state index contributed by atoms with van der Waals surface area (Å²) in [6, 6.07) is 196. The van der Waals surface area contributed by atoms with Crippen LogP contribution in [0.25, 0.3) is 162 Å². The summed E-state index contributed by atoms with van der Waals surface area (Å²) in [5.74, 6) is -0.0653. The Bertz CT molecular complexity index is 8800. The van der Waals surface area contributed by atoms with Gasteiger partial charge in [-0.05, 0) is 242 Å². The quantitative estimate of drug-likeness (QED) is 0.0646. The summed E-state index contributed by atoms with van der Waals surface area (Å²) < 4.78 is 9.99. The fraction of sp³-hybridized carbons (Fsp3) is 0.00752. The smallest absolute Gasteiger partial charge is 0.0634 e. The van der Waals surface area contributed by atoms with E-state index in [1.54, 1.807) is 0 Å². The van der Waals surface area contributed by atoms with Crippen LogP contribution in [0.1, 0.15) is 22.6 Å². The first kappa shape index (κ1) is 88.9. The van der Waals surface area contributed by atoms with Crippen molar-refractivity contribution < 1.29 is 0 Å². The van der Waals surface area contributed by atoms with Gasteiger partial charge in [0, 0.05) is 141 Å². The van der Waals surface area contributed by atoms with Gasteiger partial charge in [-0.15, -0.1) is 22.7 Å². The van der Waals surface area contributed by atoms with Gasteiger partial charge in [0.2, 0.25) is 0 Å². The monoisotopic (exact) mass is 1890 g/mol. The number of hydrogen-bond donors (Lipinski definition) is 1. The molecule has 4 heterocycles. The number of nitrogens with one attached hydrogen (secondary N) is 1. The molecule has 0 aliphatic heterocycles. The highest BCUT2D eigenvalue weighted by Crippen LogP contribution is 2.53. The molecule has 1 atom stereocenters. The van der Waals surface area contributed by atoms with E-state index in [9.17, 15) is 0 Å². The summed E-state index contributed by atoms with van der Waals surface area (Å²) in [6.07, 6.45) is 0. The lowest BCUT2D eigenvalue weighted by atomic mass is 9.83. The topological polar surface area (TPSA) is 28.4 Å².